The number of hydrogen-bond donors (Lipinski definition) is 1. The molecular weight excluding hydrogens is 176 g/mol. The van der Waals surface area contributed by atoms with Crippen molar-refractivity contribution in [3.63, 3.8) is 0 Å². The predicted molar refractivity (Wildman–Crippen MR) is 56.3 cm³/mol. The van der Waals surface area contributed by atoms with Gasteiger partial charge >= 0.3 is 0 Å². The van der Waals surface area contributed by atoms with E-state index in [1.807, 2.05) is 12.1 Å². The Morgan fingerprint density at radius 2 is 1.71 bits per heavy atom. The number of anilines is 2. The average Bonchev–Trinajstić information content (AvgIpc) is 2.18. The lowest BCUT2D eigenvalue weighted by Gasteiger charge is -2.48. The van der Waals surface area contributed by atoms with E-state index in [0.29, 0.717) is 12.2 Å². The predicted octanol–water partition coefficient (Wildman–Crippen LogP) is 1.25. The normalized spacial score (nSPS) is 29.9. The van der Waals surface area contributed by atoms with Crippen molar-refractivity contribution >= 4 is 11.4 Å². The molecule has 1 unspecified atom stereocenters. The summed E-state index contributed by atoms with van der Waals surface area (Å²) in [6.45, 7) is 2.06. The highest BCUT2D eigenvalue weighted by Gasteiger charge is 2.38. The lowest BCUT2D eigenvalue weighted by atomic mass is 9.98. The molecule has 3 nitrogen and oxygen atoms in total. The molecule has 1 aromatic rings. The standard InChI is InChI=1S/C11H14N2O/c12-8-1-3-9(4-2-8)13-6-10-5-11(7-13)14-10/h1-4,10-11H,5-7,12H2/t10-,11?/m0/s1. The van der Waals surface area contributed by atoms with Crippen LogP contribution in [0.25, 0.3) is 0 Å². The number of rotatable bonds is 1. The minimum absolute atomic E-state index is 0.464. The van der Waals surface area contributed by atoms with Crippen molar-refractivity contribution in [1.29, 1.82) is 0 Å². The van der Waals surface area contributed by atoms with E-state index in [4.69, 9.17) is 10.5 Å². The number of nitrogen functional groups attached to an aromatic ring is 1. The summed E-state index contributed by atoms with van der Waals surface area (Å²) in [5.74, 6) is 0. The first-order valence-electron chi connectivity index (χ1n) is 5.07. The zero-order valence-corrected chi connectivity index (χ0v) is 8.02. The Bertz CT molecular complexity index is 320. The van der Waals surface area contributed by atoms with Gasteiger partial charge in [0.1, 0.15) is 0 Å². The van der Waals surface area contributed by atoms with Crippen LogP contribution >= 0.6 is 0 Å². The van der Waals surface area contributed by atoms with Crippen LogP contribution in [0.5, 0.6) is 0 Å². The highest BCUT2D eigenvalue weighted by Crippen LogP contribution is 2.31. The van der Waals surface area contributed by atoms with Crippen molar-refractivity contribution in [2.75, 3.05) is 23.7 Å². The number of hydrogen-bond acceptors (Lipinski definition) is 3. The first-order valence-corrected chi connectivity index (χ1v) is 5.07. The molecule has 0 saturated carbocycles. The zero-order chi connectivity index (χ0) is 9.54. The molecule has 1 aromatic carbocycles. The fraction of sp³-hybridized carbons (Fsp3) is 0.455. The highest BCUT2D eigenvalue weighted by molar-refractivity contribution is 5.53. The topological polar surface area (TPSA) is 38.5 Å². The third kappa shape index (κ3) is 1.24. The molecule has 2 N–H and O–H groups in total. The van der Waals surface area contributed by atoms with E-state index in [-0.39, 0.29) is 0 Å². The second-order valence-electron chi connectivity index (χ2n) is 4.11. The van der Waals surface area contributed by atoms with Gasteiger partial charge in [-0.3, -0.25) is 0 Å². The second-order valence-corrected chi connectivity index (χ2v) is 4.11. The van der Waals surface area contributed by atoms with Crippen molar-refractivity contribution in [1.82, 2.24) is 0 Å². The van der Waals surface area contributed by atoms with Gasteiger partial charge in [0.15, 0.2) is 0 Å². The Labute approximate surface area is 83.5 Å². The smallest absolute Gasteiger partial charge is 0.0780 e. The Kier molecular flexibility index (Phi) is 1.67. The molecule has 2 atom stereocenters. The third-order valence-electron chi connectivity index (χ3n) is 3.02. The minimum Gasteiger partial charge on any atom is -0.399 e. The van der Waals surface area contributed by atoms with Gasteiger partial charge in [-0.15, -0.1) is 0 Å². The molecule has 0 radical (unpaired) electrons. The van der Waals surface area contributed by atoms with E-state index in [0.717, 1.165) is 18.8 Å². The number of fused-ring (bicyclic) bond motifs is 2. The molecule has 3 heterocycles. The van der Waals surface area contributed by atoms with Gasteiger partial charge in [0.25, 0.3) is 0 Å². The van der Waals surface area contributed by atoms with Crippen LogP contribution in [0.1, 0.15) is 6.42 Å². The van der Waals surface area contributed by atoms with Gasteiger partial charge in [-0.2, -0.15) is 0 Å². The summed E-state index contributed by atoms with van der Waals surface area (Å²) in [5, 5.41) is 0. The molecular formula is C11H14N2O. The summed E-state index contributed by atoms with van der Waals surface area (Å²) < 4.78 is 5.58. The van der Waals surface area contributed by atoms with Crippen LogP contribution in [0, 0.1) is 0 Å². The van der Waals surface area contributed by atoms with Crippen LogP contribution in [0.15, 0.2) is 24.3 Å². The Morgan fingerprint density at radius 3 is 2.29 bits per heavy atom. The van der Waals surface area contributed by atoms with Gasteiger partial charge < -0.3 is 15.4 Å². The number of piperidine rings is 1. The molecule has 0 aromatic heterocycles. The Balaban J connectivity index is 1.79. The summed E-state index contributed by atoms with van der Waals surface area (Å²) >= 11 is 0. The third-order valence-corrected chi connectivity index (χ3v) is 3.02. The molecule has 3 aliphatic heterocycles. The molecule has 3 saturated heterocycles. The van der Waals surface area contributed by atoms with Crippen LogP contribution in [0.3, 0.4) is 0 Å². The van der Waals surface area contributed by atoms with Crippen LogP contribution < -0.4 is 10.6 Å². The van der Waals surface area contributed by atoms with Crippen LogP contribution in [-0.4, -0.2) is 25.3 Å². The van der Waals surface area contributed by atoms with Crippen molar-refractivity contribution in [3.8, 4) is 0 Å². The number of ether oxygens (including phenoxy) is 1. The van der Waals surface area contributed by atoms with Crippen LogP contribution in [-0.2, 0) is 4.74 Å². The summed E-state index contributed by atoms with van der Waals surface area (Å²) in [7, 11) is 0. The largest absolute Gasteiger partial charge is 0.399 e. The fourth-order valence-corrected chi connectivity index (χ4v) is 2.25. The Hall–Kier alpha value is -1.22. The summed E-state index contributed by atoms with van der Waals surface area (Å²) in [6, 6.07) is 8.08. The van der Waals surface area contributed by atoms with E-state index < -0.39 is 0 Å². The monoisotopic (exact) mass is 190 g/mol. The summed E-state index contributed by atoms with van der Waals surface area (Å²) in [4.78, 5) is 2.38. The van der Waals surface area contributed by atoms with Gasteiger partial charge in [-0.05, 0) is 24.3 Å². The molecule has 2 bridgehead atoms. The second kappa shape index (κ2) is 2.89. The SMILES string of the molecule is Nc1ccc(N2CC3C[C@@H](C2)O3)cc1. The fourth-order valence-electron chi connectivity index (χ4n) is 2.25. The maximum absolute atomic E-state index is 5.65. The first-order chi connectivity index (χ1) is 6.81. The maximum atomic E-state index is 5.65. The minimum atomic E-state index is 0.464. The summed E-state index contributed by atoms with van der Waals surface area (Å²) in [6.07, 6.45) is 2.17. The van der Waals surface area contributed by atoms with Gasteiger partial charge in [0.05, 0.1) is 12.2 Å². The zero-order valence-electron chi connectivity index (χ0n) is 8.02. The van der Waals surface area contributed by atoms with E-state index in [1.54, 1.807) is 0 Å². The van der Waals surface area contributed by atoms with Gasteiger partial charge in [0.2, 0.25) is 0 Å². The van der Waals surface area contributed by atoms with E-state index in [9.17, 15) is 0 Å². The average molecular weight is 190 g/mol. The molecule has 0 spiro atoms. The first kappa shape index (κ1) is 8.12. The van der Waals surface area contributed by atoms with Gasteiger partial charge in [0, 0.05) is 30.9 Å². The number of nitrogens with two attached hydrogens (primary N) is 1. The quantitative estimate of drug-likeness (QED) is 0.677. The summed E-state index contributed by atoms with van der Waals surface area (Å²) in [5.41, 5.74) is 7.74. The number of nitrogens with zero attached hydrogens (tertiary/aromatic N) is 1. The Morgan fingerprint density at radius 1 is 1.14 bits per heavy atom. The molecule has 4 rings (SSSR count). The molecule has 3 fully saturated rings. The number of benzene rings is 1. The molecule has 0 amide bonds. The van der Waals surface area contributed by atoms with E-state index >= 15 is 0 Å². The van der Waals surface area contributed by atoms with Crippen LogP contribution in [0.4, 0.5) is 11.4 Å². The molecule has 74 valence electrons. The maximum Gasteiger partial charge on any atom is 0.0780 e. The van der Waals surface area contributed by atoms with Crippen LogP contribution in [0.2, 0.25) is 0 Å². The number of morpholine rings is 1. The van der Waals surface area contributed by atoms with Crippen molar-refractivity contribution in [2.45, 2.75) is 18.6 Å². The molecule has 0 aliphatic carbocycles. The van der Waals surface area contributed by atoms with Gasteiger partial charge in [-0.1, -0.05) is 0 Å². The highest BCUT2D eigenvalue weighted by atomic mass is 16.5. The van der Waals surface area contributed by atoms with Gasteiger partial charge in [-0.25, -0.2) is 0 Å². The lowest BCUT2D eigenvalue weighted by Crippen LogP contribution is -2.57. The van der Waals surface area contributed by atoms with Crippen molar-refractivity contribution in [2.24, 2.45) is 0 Å². The van der Waals surface area contributed by atoms with E-state index in [2.05, 4.69) is 17.0 Å². The molecule has 14 heavy (non-hydrogen) atoms. The van der Waals surface area contributed by atoms with Crippen molar-refractivity contribution < 1.29 is 4.74 Å². The molecule has 3 aliphatic rings. The molecule has 3 heteroatoms. The lowest BCUT2D eigenvalue weighted by molar-refractivity contribution is -0.133. The van der Waals surface area contributed by atoms with E-state index in [1.165, 1.54) is 12.1 Å². The van der Waals surface area contributed by atoms with Crippen molar-refractivity contribution in [3.05, 3.63) is 24.3 Å².